The maximum atomic E-state index is 11.5. The van der Waals surface area contributed by atoms with Gasteiger partial charge in [0, 0.05) is 6.04 Å². The second-order valence-electron chi connectivity index (χ2n) is 6.44. The lowest BCUT2D eigenvalue weighted by Crippen LogP contribution is -2.56. The Morgan fingerprint density at radius 3 is 2.48 bits per heavy atom. The van der Waals surface area contributed by atoms with Crippen LogP contribution >= 0.6 is 0 Å². The quantitative estimate of drug-likeness (QED) is 0.838. The molecule has 0 radical (unpaired) electrons. The van der Waals surface area contributed by atoms with E-state index >= 15 is 0 Å². The lowest BCUT2D eigenvalue weighted by molar-refractivity contribution is 0.0462. The number of hydrogen-bond acceptors (Lipinski definition) is 4. The molecule has 0 heterocycles. The van der Waals surface area contributed by atoms with E-state index in [1.54, 1.807) is 0 Å². The van der Waals surface area contributed by atoms with E-state index in [-0.39, 0.29) is 6.04 Å². The largest absolute Gasteiger partial charge is 0.443 e. The molecule has 21 heavy (non-hydrogen) atoms. The Bertz CT molecular complexity index is 537. The number of rotatable bonds is 3. The predicted molar refractivity (Wildman–Crippen MR) is 79.3 cm³/mol. The SMILES string of the molecule is CC(C)(C)OC(=O)NNC1CC(C#N)(c2ccccc2)C1. The number of ether oxygens (including phenoxy) is 1. The number of carbonyl (C=O) groups excluding carboxylic acids is 1. The highest BCUT2D eigenvalue weighted by atomic mass is 16.6. The molecule has 112 valence electrons. The van der Waals surface area contributed by atoms with Gasteiger partial charge in [0.2, 0.25) is 0 Å². The van der Waals surface area contributed by atoms with Gasteiger partial charge < -0.3 is 4.74 Å². The van der Waals surface area contributed by atoms with Gasteiger partial charge in [-0.25, -0.2) is 10.2 Å². The molecule has 2 rings (SSSR count). The predicted octanol–water partition coefficient (Wildman–Crippen LogP) is 2.64. The third-order valence-corrected chi connectivity index (χ3v) is 3.51. The number of nitrogens with zero attached hydrogens (tertiary/aromatic N) is 1. The third kappa shape index (κ3) is 3.73. The van der Waals surface area contributed by atoms with Crippen molar-refractivity contribution in [2.75, 3.05) is 0 Å². The van der Waals surface area contributed by atoms with Crippen molar-refractivity contribution < 1.29 is 9.53 Å². The van der Waals surface area contributed by atoms with Crippen molar-refractivity contribution in [1.29, 1.82) is 5.26 Å². The number of hydrogen-bond donors (Lipinski definition) is 2. The molecule has 0 aromatic heterocycles. The molecule has 1 fully saturated rings. The second kappa shape index (κ2) is 5.74. The summed E-state index contributed by atoms with van der Waals surface area (Å²) in [5, 5.41) is 9.45. The summed E-state index contributed by atoms with van der Waals surface area (Å²) in [6, 6.07) is 12.2. The first-order valence-corrected chi connectivity index (χ1v) is 7.06. The summed E-state index contributed by atoms with van der Waals surface area (Å²) in [6.07, 6.45) is 0.837. The molecule has 1 aliphatic carbocycles. The van der Waals surface area contributed by atoms with Crippen LogP contribution in [0.3, 0.4) is 0 Å². The molecule has 0 saturated heterocycles. The first-order valence-electron chi connectivity index (χ1n) is 7.06. The van der Waals surface area contributed by atoms with E-state index in [0.29, 0.717) is 12.8 Å². The van der Waals surface area contributed by atoms with Gasteiger partial charge in [-0.3, -0.25) is 5.43 Å². The Morgan fingerprint density at radius 1 is 1.33 bits per heavy atom. The molecule has 0 atom stereocenters. The molecule has 0 bridgehead atoms. The van der Waals surface area contributed by atoms with Gasteiger partial charge in [0.15, 0.2) is 0 Å². The monoisotopic (exact) mass is 287 g/mol. The molecule has 1 aromatic rings. The highest BCUT2D eigenvalue weighted by molar-refractivity contribution is 5.67. The normalized spacial score (nSPS) is 24.6. The van der Waals surface area contributed by atoms with Crippen LogP contribution < -0.4 is 10.9 Å². The molecule has 0 aliphatic heterocycles. The van der Waals surface area contributed by atoms with Crippen molar-refractivity contribution in [3.8, 4) is 6.07 Å². The van der Waals surface area contributed by atoms with Gasteiger partial charge in [0.05, 0.1) is 11.5 Å². The molecular formula is C16H21N3O2. The number of nitriles is 1. The molecule has 2 N–H and O–H groups in total. The molecule has 5 heteroatoms. The first kappa shape index (κ1) is 15.3. The van der Waals surface area contributed by atoms with E-state index < -0.39 is 17.1 Å². The lowest BCUT2D eigenvalue weighted by Gasteiger charge is -2.43. The third-order valence-electron chi connectivity index (χ3n) is 3.51. The van der Waals surface area contributed by atoms with Gasteiger partial charge in [-0.2, -0.15) is 5.26 Å². The van der Waals surface area contributed by atoms with E-state index in [0.717, 1.165) is 5.56 Å². The maximum absolute atomic E-state index is 11.5. The van der Waals surface area contributed by atoms with E-state index in [1.807, 2.05) is 51.1 Å². The fraction of sp³-hybridized carbons (Fsp3) is 0.500. The summed E-state index contributed by atoms with van der Waals surface area (Å²) >= 11 is 0. The summed E-state index contributed by atoms with van der Waals surface area (Å²) in [5.74, 6) is 0. The minimum Gasteiger partial charge on any atom is -0.443 e. The van der Waals surface area contributed by atoms with Gasteiger partial charge in [0.1, 0.15) is 5.60 Å². The highest BCUT2D eigenvalue weighted by Crippen LogP contribution is 2.43. The minimum atomic E-state index is -0.522. The van der Waals surface area contributed by atoms with Gasteiger partial charge in [-0.15, -0.1) is 0 Å². The zero-order valence-corrected chi connectivity index (χ0v) is 12.6. The van der Waals surface area contributed by atoms with Crippen LogP contribution in [0.15, 0.2) is 30.3 Å². The average Bonchev–Trinajstić information content (AvgIpc) is 2.37. The Morgan fingerprint density at radius 2 is 1.95 bits per heavy atom. The van der Waals surface area contributed by atoms with E-state index in [1.165, 1.54) is 0 Å². The van der Waals surface area contributed by atoms with Crippen LogP contribution in [0.2, 0.25) is 0 Å². The lowest BCUT2D eigenvalue weighted by atomic mass is 9.63. The number of amides is 1. The fourth-order valence-corrected chi connectivity index (χ4v) is 2.50. The highest BCUT2D eigenvalue weighted by Gasteiger charge is 2.46. The molecule has 0 spiro atoms. The minimum absolute atomic E-state index is 0.0809. The Labute approximate surface area is 125 Å². The Hall–Kier alpha value is -2.06. The summed E-state index contributed by atoms with van der Waals surface area (Å²) in [4.78, 5) is 11.5. The smallest absolute Gasteiger partial charge is 0.422 e. The van der Waals surface area contributed by atoms with Gasteiger partial charge in [-0.1, -0.05) is 30.3 Å². The summed E-state index contributed by atoms with van der Waals surface area (Å²) in [6.45, 7) is 5.43. The van der Waals surface area contributed by atoms with E-state index in [4.69, 9.17) is 4.74 Å². The number of benzene rings is 1. The van der Waals surface area contributed by atoms with Crippen molar-refractivity contribution in [2.24, 2.45) is 0 Å². The van der Waals surface area contributed by atoms with Gasteiger partial charge in [-0.05, 0) is 39.2 Å². The van der Waals surface area contributed by atoms with Crippen LogP contribution in [0.1, 0.15) is 39.2 Å². The average molecular weight is 287 g/mol. The van der Waals surface area contributed by atoms with Crippen LogP contribution in [0.25, 0.3) is 0 Å². The first-order chi connectivity index (χ1) is 9.85. The van der Waals surface area contributed by atoms with Gasteiger partial charge in [0.25, 0.3) is 0 Å². The van der Waals surface area contributed by atoms with Crippen molar-refractivity contribution in [1.82, 2.24) is 10.9 Å². The van der Waals surface area contributed by atoms with Crippen LogP contribution in [0.5, 0.6) is 0 Å². The van der Waals surface area contributed by atoms with Crippen molar-refractivity contribution >= 4 is 6.09 Å². The second-order valence-corrected chi connectivity index (χ2v) is 6.44. The Kier molecular flexibility index (Phi) is 4.19. The summed E-state index contributed by atoms with van der Waals surface area (Å²) in [5.41, 5.74) is 5.52. The summed E-state index contributed by atoms with van der Waals surface area (Å²) < 4.78 is 5.14. The van der Waals surface area contributed by atoms with Crippen molar-refractivity contribution in [3.05, 3.63) is 35.9 Å². The molecule has 1 aliphatic rings. The molecule has 1 amide bonds. The number of carbonyl (C=O) groups is 1. The van der Waals surface area contributed by atoms with Crippen LogP contribution in [0.4, 0.5) is 4.79 Å². The standard InChI is InChI=1S/C16H21N3O2/c1-15(2,3)21-14(20)19-18-13-9-16(10-13,11-17)12-7-5-4-6-8-12/h4-8,13,18H,9-10H2,1-3H3,(H,19,20). The van der Waals surface area contributed by atoms with Crippen LogP contribution in [-0.4, -0.2) is 17.7 Å². The molecule has 5 nitrogen and oxygen atoms in total. The summed E-state index contributed by atoms with van der Waals surface area (Å²) in [7, 11) is 0. The van der Waals surface area contributed by atoms with Crippen molar-refractivity contribution in [3.63, 3.8) is 0 Å². The van der Waals surface area contributed by atoms with E-state index in [9.17, 15) is 10.1 Å². The van der Waals surface area contributed by atoms with Crippen LogP contribution in [0, 0.1) is 11.3 Å². The van der Waals surface area contributed by atoms with E-state index in [2.05, 4.69) is 16.9 Å². The fourth-order valence-electron chi connectivity index (χ4n) is 2.50. The molecular weight excluding hydrogens is 266 g/mol. The molecule has 1 aromatic carbocycles. The van der Waals surface area contributed by atoms with Crippen LogP contribution in [-0.2, 0) is 10.2 Å². The molecule has 0 unspecified atom stereocenters. The molecule has 1 saturated carbocycles. The zero-order chi connectivity index (χ0) is 15.5. The number of nitrogens with one attached hydrogen (secondary N) is 2. The number of hydrazine groups is 1. The maximum Gasteiger partial charge on any atom is 0.422 e. The zero-order valence-electron chi connectivity index (χ0n) is 12.6. The topological polar surface area (TPSA) is 74.2 Å². The van der Waals surface area contributed by atoms with Gasteiger partial charge >= 0.3 is 6.09 Å². The van der Waals surface area contributed by atoms with Crippen molar-refractivity contribution in [2.45, 2.75) is 50.7 Å². The Balaban J connectivity index is 1.84.